The lowest BCUT2D eigenvalue weighted by atomic mass is 10.1. The van der Waals surface area contributed by atoms with E-state index in [1.807, 2.05) is 12.1 Å². The molecule has 0 atom stereocenters. The minimum atomic E-state index is -0.363. The summed E-state index contributed by atoms with van der Waals surface area (Å²) in [5, 5.41) is 6.34. The van der Waals surface area contributed by atoms with Gasteiger partial charge in [0, 0.05) is 55.2 Å². The molecule has 4 aromatic rings. The molecular formula is C31H30N6O3. The Kier molecular flexibility index (Phi) is 8.61. The van der Waals surface area contributed by atoms with Crippen LogP contribution in [-0.4, -0.2) is 70.9 Å². The van der Waals surface area contributed by atoms with E-state index in [1.54, 1.807) is 67.0 Å². The molecule has 2 amide bonds. The zero-order chi connectivity index (χ0) is 27.7. The van der Waals surface area contributed by atoms with E-state index >= 15 is 0 Å². The Bertz CT molecular complexity index is 1540. The summed E-state index contributed by atoms with van der Waals surface area (Å²) >= 11 is 0. The fourth-order valence-corrected chi connectivity index (χ4v) is 4.37. The number of piperazine rings is 1. The van der Waals surface area contributed by atoms with E-state index in [0.29, 0.717) is 35.1 Å². The monoisotopic (exact) mass is 534 g/mol. The second-order valence-electron chi connectivity index (χ2n) is 9.30. The molecule has 202 valence electrons. The molecule has 1 saturated heterocycles. The molecule has 3 heterocycles. The number of hydrogen-bond donors (Lipinski definition) is 2. The van der Waals surface area contributed by atoms with Crippen molar-refractivity contribution in [2.45, 2.75) is 6.92 Å². The summed E-state index contributed by atoms with van der Waals surface area (Å²) in [6.07, 6.45) is 3.28. The number of nitrogens with one attached hydrogen (secondary N) is 2. The summed E-state index contributed by atoms with van der Waals surface area (Å²) in [6, 6.07) is 19.3. The van der Waals surface area contributed by atoms with E-state index in [2.05, 4.69) is 49.2 Å². The van der Waals surface area contributed by atoms with Gasteiger partial charge in [0.1, 0.15) is 17.3 Å². The Morgan fingerprint density at radius 1 is 0.900 bits per heavy atom. The number of fused-ring (bicyclic) bond motifs is 1. The number of pyridine rings is 2. The number of rotatable bonds is 7. The highest BCUT2D eigenvalue weighted by atomic mass is 16.5. The van der Waals surface area contributed by atoms with Crippen molar-refractivity contribution in [3.63, 3.8) is 0 Å². The molecule has 2 aromatic heterocycles. The van der Waals surface area contributed by atoms with Gasteiger partial charge in [-0.05, 0) is 73.1 Å². The van der Waals surface area contributed by atoms with Gasteiger partial charge in [-0.1, -0.05) is 18.9 Å². The predicted octanol–water partition coefficient (Wildman–Crippen LogP) is 4.25. The number of anilines is 2. The lowest BCUT2D eigenvalue weighted by Gasteiger charge is -2.32. The molecule has 1 aliphatic heterocycles. The summed E-state index contributed by atoms with van der Waals surface area (Å²) in [5.74, 6) is 6.68. The average molecular weight is 535 g/mol. The Morgan fingerprint density at radius 2 is 1.70 bits per heavy atom. The molecule has 0 aliphatic carbocycles. The van der Waals surface area contributed by atoms with E-state index in [-0.39, 0.29) is 11.8 Å². The van der Waals surface area contributed by atoms with Crippen molar-refractivity contribution in [3.05, 3.63) is 84.7 Å². The van der Waals surface area contributed by atoms with Crippen LogP contribution in [0.15, 0.2) is 79.1 Å². The highest BCUT2D eigenvalue weighted by Gasteiger charge is 2.14. The normalized spacial score (nSPS) is 13.7. The van der Waals surface area contributed by atoms with Crippen molar-refractivity contribution in [2.24, 2.45) is 0 Å². The van der Waals surface area contributed by atoms with Gasteiger partial charge in [0.25, 0.3) is 11.8 Å². The van der Waals surface area contributed by atoms with Crippen LogP contribution in [0.3, 0.4) is 0 Å². The maximum atomic E-state index is 12.5. The van der Waals surface area contributed by atoms with Crippen LogP contribution in [0.2, 0.25) is 0 Å². The average Bonchev–Trinajstić information content (AvgIpc) is 2.99. The summed E-state index contributed by atoms with van der Waals surface area (Å²) in [6.45, 7) is 7.80. The molecule has 0 unspecified atom stereocenters. The van der Waals surface area contributed by atoms with Gasteiger partial charge in [0.15, 0.2) is 0 Å². The van der Waals surface area contributed by atoms with E-state index in [0.717, 1.165) is 43.6 Å². The van der Waals surface area contributed by atoms with Crippen molar-refractivity contribution in [1.29, 1.82) is 0 Å². The van der Waals surface area contributed by atoms with Crippen LogP contribution in [0.4, 0.5) is 11.5 Å². The first kappa shape index (κ1) is 26.8. The van der Waals surface area contributed by atoms with Crippen LogP contribution in [0.5, 0.6) is 11.5 Å². The molecule has 9 nitrogen and oxygen atoms in total. The minimum absolute atomic E-state index is 0.262. The molecule has 40 heavy (non-hydrogen) atoms. The molecular weight excluding hydrogens is 504 g/mol. The number of carbonyl (C=O) groups is 2. The molecule has 1 fully saturated rings. The van der Waals surface area contributed by atoms with Crippen LogP contribution in [0, 0.1) is 11.8 Å². The predicted molar refractivity (Wildman–Crippen MR) is 155 cm³/mol. The Morgan fingerprint density at radius 3 is 2.45 bits per heavy atom. The number of carbonyl (C=O) groups excluding carboxylic acids is 2. The number of benzene rings is 2. The van der Waals surface area contributed by atoms with Gasteiger partial charge < -0.3 is 20.3 Å². The van der Waals surface area contributed by atoms with E-state index in [1.165, 1.54) is 0 Å². The van der Waals surface area contributed by atoms with Gasteiger partial charge in [0.05, 0.1) is 12.1 Å². The number of hydrogen-bond acceptors (Lipinski definition) is 7. The van der Waals surface area contributed by atoms with Crippen molar-refractivity contribution in [2.75, 3.05) is 49.9 Å². The number of likely N-dealkylation sites (N-methyl/N-ethyl adjacent to an activating group) is 1. The number of amides is 2. The van der Waals surface area contributed by atoms with E-state index < -0.39 is 0 Å². The van der Waals surface area contributed by atoms with Gasteiger partial charge >= 0.3 is 0 Å². The maximum absolute atomic E-state index is 12.5. The fraction of sp³-hybridized carbons (Fsp3) is 0.226. The molecule has 0 spiro atoms. The number of nitrogens with zero attached hydrogens (tertiary/aromatic N) is 4. The third-order valence-electron chi connectivity index (χ3n) is 6.63. The third-order valence-corrected chi connectivity index (χ3v) is 6.63. The highest BCUT2D eigenvalue weighted by molar-refractivity contribution is 6.05. The van der Waals surface area contributed by atoms with Crippen molar-refractivity contribution < 1.29 is 14.3 Å². The summed E-state index contributed by atoms with van der Waals surface area (Å²) in [7, 11) is 0. The van der Waals surface area contributed by atoms with E-state index in [9.17, 15) is 9.59 Å². The topological polar surface area (TPSA) is 99.7 Å². The Hall–Kier alpha value is -4.78. The lowest BCUT2D eigenvalue weighted by molar-refractivity contribution is -0.111. The second kappa shape index (κ2) is 12.8. The maximum Gasteiger partial charge on any atom is 0.300 e. The second-order valence-corrected chi connectivity index (χ2v) is 9.30. The highest BCUT2D eigenvalue weighted by Crippen LogP contribution is 2.31. The van der Waals surface area contributed by atoms with Crippen molar-refractivity contribution in [1.82, 2.24) is 19.8 Å². The molecule has 0 radical (unpaired) electrons. The molecule has 1 aliphatic rings. The van der Waals surface area contributed by atoms with Gasteiger partial charge in [-0.3, -0.25) is 19.5 Å². The van der Waals surface area contributed by atoms with Crippen molar-refractivity contribution >= 4 is 34.2 Å². The van der Waals surface area contributed by atoms with Crippen LogP contribution in [-0.2, 0) is 4.79 Å². The first-order chi connectivity index (χ1) is 19.6. The van der Waals surface area contributed by atoms with Crippen LogP contribution < -0.4 is 15.4 Å². The molecule has 0 bridgehead atoms. The molecule has 2 aromatic carbocycles. The van der Waals surface area contributed by atoms with Gasteiger partial charge in [-0.15, -0.1) is 0 Å². The Balaban J connectivity index is 1.22. The minimum Gasteiger partial charge on any atom is -0.457 e. The van der Waals surface area contributed by atoms with Gasteiger partial charge in [-0.25, -0.2) is 4.98 Å². The Labute approximate surface area is 233 Å². The zero-order valence-electron chi connectivity index (χ0n) is 22.3. The standard InChI is InChI=1S/C31H30N6O3/c1-2-36-18-20-37(21-19-36)17-5-7-30(38)34-24-10-13-27-26(22-24)28(14-16-32-27)40-25-11-8-23(9-12-25)31(39)35-29-6-3-4-15-33-29/h3-4,6,8-16,22H,2,17-21H2,1H3,(H,34,38)(H,33,35,39). The first-order valence-electron chi connectivity index (χ1n) is 13.2. The third kappa shape index (κ3) is 6.99. The molecule has 0 saturated carbocycles. The smallest absolute Gasteiger partial charge is 0.300 e. The van der Waals surface area contributed by atoms with Crippen LogP contribution in [0.25, 0.3) is 10.9 Å². The number of ether oxygens (including phenoxy) is 1. The molecule has 9 heteroatoms. The van der Waals surface area contributed by atoms with Crippen LogP contribution in [0.1, 0.15) is 17.3 Å². The lowest BCUT2D eigenvalue weighted by Crippen LogP contribution is -2.46. The van der Waals surface area contributed by atoms with E-state index in [4.69, 9.17) is 4.74 Å². The molecule has 5 rings (SSSR count). The van der Waals surface area contributed by atoms with Crippen molar-refractivity contribution in [3.8, 4) is 23.3 Å². The quantitative estimate of drug-likeness (QED) is 0.342. The van der Waals surface area contributed by atoms with Gasteiger partial charge in [0.2, 0.25) is 0 Å². The summed E-state index contributed by atoms with van der Waals surface area (Å²) < 4.78 is 6.12. The summed E-state index contributed by atoms with van der Waals surface area (Å²) in [4.78, 5) is 38.2. The number of aromatic nitrogens is 2. The fourth-order valence-electron chi connectivity index (χ4n) is 4.37. The molecule has 2 N–H and O–H groups in total. The largest absolute Gasteiger partial charge is 0.457 e. The first-order valence-corrected chi connectivity index (χ1v) is 13.2. The van der Waals surface area contributed by atoms with Gasteiger partial charge in [-0.2, -0.15) is 0 Å². The zero-order valence-corrected chi connectivity index (χ0v) is 22.3. The van der Waals surface area contributed by atoms with Crippen LogP contribution >= 0.6 is 0 Å². The SMILES string of the molecule is CCN1CCN(CC#CC(=O)Nc2ccc3nccc(Oc4ccc(C(=O)Nc5ccccn5)cc4)c3c2)CC1. The summed E-state index contributed by atoms with van der Waals surface area (Å²) in [5.41, 5.74) is 1.80.